The van der Waals surface area contributed by atoms with E-state index in [4.69, 9.17) is 5.11 Å². The normalized spacial score (nSPS) is 11.8. The summed E-state index contributed by atoms with van der Waals surface area (Å²) in [6, 6.07) is 9.54. The topological polar surface area (TPSA) is 115 Å². The minimum absolute atomic E-state index is 0.0392. The molecule has 0 aliphatic heterocycles. The summed E-state index contributed by atoms with van der Waals surface area (Å²) in [5.41, 5.74) is 0.290. The molecule has 4 N–H and O–H groups in total. The molecule has 1 aromatic carbocycles. The molecule has 0 aliphatic carbocycles. The first-order chi connectivity index (χ1) is 9.08. The number of carboxylic acid groups (broad SMARTS) is 1. The number of aromatic carboxylic acids is 1. The molecule has 0 fully saturated rings. The molecule has 0 saturated carbocycles. The highest BCUT2D eigenvalue weighted by atomic mass is 16.4. The van der Waals surface area contributed by atoms with Crippen molar-refractivity contribution in [3.05, 3.63) is 47.7 Å². The first-order valence-corrected chi connectivity index (χ1v) is 5.40. The van der Waals surface area contributed by atoms with E-state index in [9.17, 15) is 14.7 Å². The smallest absolute Gasteiger partial charge is 0.353 e. The Bertz CT molecular complexity index is 594. The zero-order valence-electron chi connectivity index (χ0n) is 9.70. The lowest BCUT2D eigenvalue weighted by Gasteiger charge is -2.09. The van der Waals surface area contributed by atoms with Gasteiger partial charge in [-0.25, -0.2) is 4.79 Å². The molecule has 98 valence electrons. The van der Waals surface area contributed by atoms with Crippen LogP contribution in [0.2, 0.25) is 0 Å². The van der Waals surface area contributed by atoms with Gasteiger partial charge in [0.2, 0.25) is 0 Å². The largest absolute Gasteiger partial charge is 0.477 e. The Morgan fingerprint density at radius 1 is 1.26 bits per heavy atom. The molecule has 0 bridgehead atoms. The van der Waals surface area contributed by atoms with Gasteiger partial charge in [-0.15, -0.1) is 0 Å². The Hall–Kier alpha value is -2.67. The molecule has 1 amide bonds. The van der Waals surface area contributed by atoms with Gasteiger partial charge in [-0.05, 0) is 5.56 Å². The van der Waals surface area contributed by atoms with Crippen LogP contribution in [-0.4, -0.2) is 32.3 Å². The number of amides is 1. The molecule has 1 atom stereocenters. The summed E-state index contributed by atoms with van der Waals surface area (Å²) in [5, 5.41) is 26.7. The molecular weight excluding hydrogens is 250 g/mol. The maximum absolute atomic E-state index is 11.7. The molecule has 1 aromatic heterocycles. The van der Waals surface area contributed by atoms with Gasteiger partial charge in [0.15, 0.2) is 11.9 Å². The van der Waals surface area contributed by atoms with Crippen LogP contribution < -0.4 is 5.32 Å². The predicted octanol–water partition coefficient (Wildman–Crippen LogP) is 0.780. The van der Waals surface area contributed by atoms with Crippen molar-refractivity contribution in [2.75, 3.05) is 5.32 Å². The van der Waals surface area contributed by atoms with Crippen LogP contribution in [-0.2, 0) is 4.79 Å². The van der Waals surface area contributed by atoms with Gasteiger partial charge in [0.1, 0.15) is 5.69 Å². The Morgan fingerprint density at radius 2 is 1.95 bits per heavy atom. The summed E-state index contributed by atoms with van der Waals surface area (Å²) in [7, 11) is 0. The minimum Gasteiger partial charge on any atom is -0.477 e. The molecule has 0 saturated heterocycles. The number of benzene rings is 1. The zero-order valence-corrected chi connectivity index (χ0v) is 9.70. The zero-order chi connectivity index (χ0) is 13.8. The molecule has 1 heterocycles. The second-order valence-electron chi connectivity index (χ2n) is 3.77. The Kier molecular flexibility index (Phi) is 3.58. The molecule has 2 rings (SSSR count). The van der Waals surface area contributed by atoms with Crippen molar-refractivity contribution >= 4 is 17.7 Å². The van der Waals surface area contributed by atoms with Crippen LogP contribution in [0.5, 0.6) is 0 Å². The Morgan fingerprint density at radius 3 is 2.53 bits per heavy atom. The molecule has 0 radical (unpaired) electrons. The number of carbonyl (C=O) groups is 2. The van der Waals surface area contributed by atoms with Gasteiger partial charge in [-0.3, -0.25) is 9.89 Å². The monoisotopic (exact) mass is 261 g/mol. The lowest BCUT2D eigenvalue weighted by molar-refractivity contribution is -0.124. The fourth-order valence-electron chi connectivity index (χ4n) is 1.48. The van der Waals surface area contributed by atoms with Crippen molar-refractivity contribution in [2.45, 2.75) is 6.10 Å². The number of hydrogen-bond acceptors (Lipinski definition) is 4. The van der Waals surface area contributed by atoms with Crippen LogP contribution in [0.1, 0.15) is 22.2 Å². The average molecular weight is 261 g/mol. The molecule has 19 heavy (non-hydrogen) atoms. The SMILES string of the molecule is O=C(O)c1cc(NC(=O)C(O)c2ccccc2)n[nH]1. The molecule has 1 unspecified atom stereocenters. The van der Waals surface area contributed by atoms with E-state index in [-0.39, 0.29) is 11.5 Å². The second-order valence-corrected chi connectivity index (χ2v) is 3.77. The first-order valence-electron chi connectivity index (χ1n) is 5.40. The number of anilines is 1. The van der Waals surface area contributed by atoms with Gasteiger partial charge >= 0.3 is 5.97 Å². The van der Waals surface area contributed by atoms with Crippen molar-refractivity contribution in [3.63, 3.8) is 0 Å². The van der Waals surface area contributed by atoms with Crippen LogP contribution in [0.3, 0.4) is 0 Å². The van der Waals surface area contributed by atoms with Gasteiger partial charge in [0.25, 0.3) is 5.91 Å². The molecule has 7 nitrogen and oxygen atoms in total. The summed E-state index contributed by atoms with van der Waals surface area (Å²) >= 11 is 0. The van der Waals surface area contributed by atoms with Crippen molar-refractivity contribution < 1.29 is 19.8 Å². The fourth-order valence-corrected chi connectivity index (χ4v) is 1.48. The highest BCUT2D eigenvalue weighted by Gasteiger charge is 2.18. The number of hydrogen-bond donors (Lipinski definition) is 4. The number of nitrogens with one attached hydrogen (secondary N) is 2. The Labute approximate surface area is 107 Å². The number of nitrogens with zero attached hydrogens (tertiary/aromatic N) is 1. The first kappa shape index (κ1) is 12.8. The number of aromatic nitrogens is 2. The molecule has 0 spiro atoms. The summed E-state index contributed by atoms with van der Waals surface area (Å²) in [4.78, 5) is 22.4. The average Bonchev–Trinajstić information content (AvgIpc) is 2.87. The van der Waals surface area contributed by atoms with Crippen LogP contribution >= 0.6 is 0 Å². The third-order valence-electron chi connectivity index (χ3n) is 2.42. The van der Waals surface area contributed by atoms with Crippen LogP contribution in [0, 0.1) is 0 Å². The van der Waals surface area contributed by atoms with Crippen molar-refractivity contribution in [1.82, 2.24) is 10.2 Å². The number of rotatable bonds is 4. The number of aliphatic hydroxyl groups excluding tert-OH is 1. The van der Waals surface area contributed by atoms with E-state index in [0.29, 0.717) is 5.56 Å². The van der Waals surface area contributed by atoms with E-state index in [1.807, 2.05) is 0 Å². The third-order valence-corrected chi connectivity index (χ3v) is 2.42. The minimum atomic E-state index is -1.34. The number of aromatic amines is 1. The molecule has 2 aromatic rings. The van der Waals surface area contributed by atoms with E-state index < -0.39 is 18.0 Å². The highest BCUT2D eigenvalue weighted by molar-refractivity contribution is 5.95. The van der Waals surface area contributed by atoms with Gasteiger partial charge in [-0.2, -0.15) is 5.10 Å². The van der Waals surface area contributed by atoms with Gasteiger partial charge in [-0.1, -0.05) is 30.3 Å². The van der Waals surface area contributed by atoms with Gasteiger partial charge in [0, 0.05) is 6.07 Å². The maximum Gasteiger partial charge on any atom is 0.353 e. The van der Waals surface area contributed by atoms with Crippen molar-refractivity contribution in [1.29, 1.82) is 0 Å². The molecular formula is C12H11N3O4. The lowest BCUT2D eigenvalue weighted by atomic mass is 10.1. The van der Waals surface area contributed by atoms with Crippen LogP contribution in [0.25, 0.3) is 0 Å². The molecule has 7 heteroatoms. The summed E-state index contributed by atoms with van der Waals surface area (Å²) < 4.78 is 0. The van der Waals surface area contributed by atoms with Gasteiger partial charge < -0.3 is 15.5 Å². The van der Waals surface area contributed by atoms with Gasteiger partial charge in [0.05, 0.1) is 0 Å². The highest BCUT2D eigenvalue weighted by Crippen LogP contribution is 2.14. The van der Waals surface area contributed by atoms with E-state index in [1.165, 1.54) is 0 Å². The van der Waals surface area contributed by atoms with Crippen molar-refractivity contribution in [3.8, 4) is 0 Å². The van der Waals surface area contributed by atoms with Crippen molar-refractivity contribution in [2.24, 2.45) is 0 Å². The molecule has 0 aliphatic rings. The van der Waals surface area contributed by atoms with E-state index in [1.54, 1.807) is 30.3 Å². The number of H-pyrrole nitrogens is 1. The van der Waals surface area contributed by atoms with E-state index in [2.05, 4.69) is 15.5 Å². The fraction of sp³-hybridized carbons (Fsp3) is 0.0833. The number of carbonyl (C=O) groups excluding carboxylic acids is 1. The van der Waals surface area contributed by atoms with E-state index in [0.717, 1.165) is 6.07 Å². The summed E-state index contributed by atoms with van der Waals surface area (Å²) in [6.07, 6.45) is -1.34. The summed E-state index contributed by atoms with van der Waals surface area (Å²) in [6.45, 7) is 0. The third kappa shape index (κ3) is 2.96. The standard InChI is InChI=1S/C12H11N3O4/c16-10(7-4-2-1-3-5-7)11(17)13-9-6-8(12(18)19)14-15-9/h1-6,10,16H,(H,18,19)(H2,13,14,15,17). The Balaban J connectivity index is 2.06. The number of carboxylic acids is 1. The second kappa shape index (κ2) is 5.32. The number of aliphatic hydroxyl groups is 1. The van der Waals surface area contributed by atoms with Crippen LogP contribution in [0.4, 0.5) is 5.82 Å². The van der Waals surface area contributed by atoms with Crippen LogP contribution in [0.15, 0.2) is 36.4 Å². The lowest BCUT2D eigenvalue weighted by Crippen LogP contribution is -2.20. The quantitative estimate of drug-likeness (QED) is 0.649. The summed E-state index contributed by atoms with van der Waals surface area (Å²) in [5.74, 6) is -1.83. The predicted molar refractivity (Wildman–Crippen MR) is 65.6 cm³/mol. The maximum atomic E-state index is 11.7. The van der Waals surface area contributed by atoms with E-state index >= 15 is 0 Å².